The van der Waals surface area contributed by atoms with Gasteiger partial charge in [-0.3, -0.25) is 0 Å². The first kappa shape index (κ1) is 25.8. The summed E-state index contributed by atoms with van der Waals surface area (Å²) in [4.78, 5) is 3.51. The maximum atomic E-state index is 11.4. The molecule has 2 aromatic carbocycles. The van der Waals surface area contributed by atoms with E-state index in [1.54, 1.807) is 0 Å². The standard InChI is InChI=1S/C21H35NOS.C7H8/c1-6-8-12-21(13-9-7-2)15-24-19-11-10-17(22(4)5)14-18(19)16(3)20(21)23;1-7-5-3-2-4-6-7/h10-11,14,16,20,23H,6-9,12-13,15H2,1-5H3;2-6H,1H3/t16-,20-;/m1./s1. The molecular weight excluding hydrogens is 398 g/mol. The minimum absolute atomic E-state index is 0.0629. The third-order valence-corrected chi connectivity index (χ3v) is 8.02. The molecule has 0 radical (unpaired) electrons. The molecule has 0 spiro atoms. The summed E-state index contributed by atoms with van der Waals surface area (Å²) in [5.41, 5.74) is 3.94. The van der Waals surface area contributed by atoms with Gasteiger partial charge < -0.3 is 10.0 Å². The lowest BCUT2D eigenvalue weighted by Crippen LogP contribution is -2.40. The van der Waals surface area contributed by atoms with E-state index in [4.69, 9.17) is 0 Å². The molecule has 172 valence electrons. The summed E-state index contributed by atoms with van der Waals surface area (Å²) in [6.45, 7) is 8.82. The van der Waals surface area contributed by atoms with Crippen LogP contribution in [0.1, 0.15) is 76.3 Å². The molecule has 31 heavy (non-hydrogen) atoms. The summed E-state index contributed by atoms with van der Waals surface area (Å²) in [6, 6.07) is 17.0. The van der Waals surface area contributed by atoms with Gasteiger partial charge in [0.25, 0.3) is 0 Å². The lowest BCUT2D eigenvalue weighted by Gasteiger charge is -2.39. The Bertz CT molecular complexity index is 766. The topological polar surface area (TPSA) is 23.5 Å². The van der Waals surface area contributed by atoms with Crippen LogP contribution in [0.15, 0.2) is 53.4 Å². The molecule has 1 heterocycles. The molecule has 0 aliphatic carbocycles. The van der Waals surface area contributed by atoms with Crippen LogP contribution in [-0.4, -0.2) is 31.1 Å². The fourth-order valence-corrected chi connectivity index (χ4v) is 5.94. The van der Waals surface area contributed by atoms with E-state index >= 15 is 0 Å². The molecule has 0 saturated heterocycles. The number of hydrogen-bond donors (Lipinski definition) is 1. The van der Waals surface area contributed by atoms with Gasteiger partial charge in [-0.1, -0.05) is 82.3 Å². The zero-order chi connectivity index (χ0) is 22.9. The minimum atomic E-state index is -0.248. The normalized spacial score (nSPS) is 19.6. The monoisotopic (exact) mass is 441 g/mol. The van der Waals surface area contributed by atoms with Crippen LogP contribution in [-0.2, 0) is 0 Å². The van der Waals surface area contributed by atoms with Crippen molar-refractivity contribution in [2.24, 2.45) is 5.41 Å². The zero-order valence-corrected chi connectivity index (χ0v) is 21.3. The van der Waals surface area contributed by atoms with Gasteiger partial charge in [0.2, 0.25) is 0 Å². The van der Waals surface area contributed by atoms with E-state index < -0.39 is 0 Å². The van der Waals surface area contributed by atoms with Gasteiger partial charge in [-0.2, -0.15) is 0 Å². The number of aliphatic hydroxyl groups excluding tert-OH is 1. The van der Waals surface area contributed by atoms with E-state index in [1.807, 2.05) is 30.0 Å². The van der Waals surface area contributed by atoms with Crippen molar-refractivity contribution in [1.82, 2.24) is 0 Å². The summed E-state index contributed by atoms with van der Waals surface area (Å²) in [5.74, 6) is 1.25. The summed E-state index contributed by atoms with van der Waals surface area (Å²) >= 11 is 1.97. The van der Waals surface area contributed by atoms with Crippen molar-refractivity contribution in [1.29, 1.82) is 0 Å². The molecule has 1 aliphatic rings. The van der Waals surface area contributed by atoms with E-state index in [2.05, 4.69) is 77.0 Å². The number of hydrogen-bond acceptors (Lipinski definition) is 3. The number of unbranched alkanes of at least 4 members (excludes halogenated alkanes) is 2. The van der Waals surface area contributed by atoms with Crippen molar-refractivity contribution in [3.05, 3.63) is 59.7 Å². The Morgan fingerprint density at radius 2 is 1.61 bits per heavy atom. The highest BCUT2D eigenvalue weighted by molar-refractivity contribution is 7.99. The Hall–Kier alpha value is -1.45. The molecule has 1 aliphatic heterocycles. The molecule has 3 rings (SSSR count). The highest BCUT2D eigenvalue weighted by Gasteiger charge is 2.42. The number of fused-ring (bicyclic) bond motifs is 1. The Morgan fingerprint density at radius 3 is 2.10 bits per heavy atom. The van der Waals surface area contributed by atoms with Crippen molar-refractivity contribution in [2.75, 3.05) is 24.7 Å². The Morgan fingerprint density at radius 1 is 1.00 bits per heavy atom. The van der Waals surface area contributed by atoms with Gasteiger partial charge in [0, 0.05) is 41.8 Å². The van der Waals surface area contributed by atoms with Crippen molar-refractivity contribution in [3.63, 3.8) is 0 Å². The van der Waals surface area contributed by atoms with Crippen LogP contribution in [0.2, 0.25) is 0 Å². The summed E-state index contributed by atoms with van der Waals surface area (Å²) in [6.07, 6.45) is 6.89. The molecule has 1 N–H and O–H groups in total. The molecule has 0 amide bonds. The van der Waals surface area contributed by atoms with Gasteiger partial charge in [0.05, 0.1) is 6.10 Å². The predicted molar refractivity (Wildman–Crippen MR) is 139 cm³/mol. The number of anilines is 1. The first-order valence-electron chi connectivity index (χ1n) is 12.0. The molecule has 0 saturated carbocycles. The molecule has 0 aromatic heterocycles. The maximum Gasteiger partial charge on any atom is 0.0670 e. The number of thioether (sulfide) groups is 1. The number of aryl methyl sites for hydroxylation is 1. The largest absolute Gasteiger partial charge is 0.392 e. The van der Waals surface area contributed by atoms with Crippen LogP contribution >= 0.6 is 11.8 Å². The Balaban J connectivity index is 0.000000412. The van der Waals surface area contributed by atoms with Gasteiger partial charge in [-0.25, -0.2) is 0 Å². The fraction of sp³-hybridized carbons (Fsp3) is 0.571. The second-order valence-electron chi connectivity index (χ2n) is 9.36. The van der Waals surface area contributed by atoms with Gasteiger partial charge in [-0.15, -0.1) is 11.8 Å². The van der Waals surface area contributed by atoms with E-state index in [0.29, 0.717) is 0 Å². The Kier molecular flexibility index (Phi) is 10.4. The van der Waals surface area contributed by atoms with Crippen molar-refractivity contribution in [2.45, 2.75) is 83.1 Å². The lowest BCUT2D eigenvalue weighted by atomic mass is 9.70. The summed E-state index contributed by atoms with van der Waals surface area (Å²) < 4.78 is 0. The second-order valence-corrected chi connectivity index (χ2v) is 10.4. The average molecular weight is 442 g/mol. The number of aliphatic hydroxyl groups is 1. The van der Waals surface area contributed by atoms with Crippen molar-refractivity contribution in [3.8, 4) is 0 Å². The van der Waals surface area contributed by atoms with Crippen molar-refractivity contribution >= 4 is 17.4 Å². The molecule has 2 nitrogen and oxygen atoms in total. The zero-order valence-electron chi connectivity index (χ0n) is 20.5. The van der Waals surface area contributed by atoms with Crippen LogP contribution in [0.25, 0.3) is 0 Å². The van der Waals surface area contributed by atoms with E-state index in [1.165, 1.54) is 47.4 Å². The molecule has 3 heteroatoms. The number of benzene rings is 2. The average Bonchev–Trinajstić information content (AvgIpc) is 2.88. The SMILES string of the molecule is CCCCC1(CCCC)CSc2ccc(N(C)C)cc2[C@@H](C)[C@H]1O.Cc1ccccc1. The second kappa shape index (κ2) is 12.6. The van der Waals surface area contributed by atoms with Gasteiger partial charge in [0.15, 0.2) is 0 Å². The smallest absolute Gasteiger partial charge is 0.0670 e. The molecule has 2 aromatic rings. The number of nitrogens with zero attached hydrogens (tertiary/aromatic N) is 1. The minimum Gasteiger partial charge on any atom is -0.392 e. The quantitative estimate of drug-likeness (QED) is 0.476. The lowest BCUT2D eigenvalue weighted by molar-refractivity contribution is 0.00883. The summed E-state index contributed by atoms with van der Waals surface area (Å²) in [7, 11) is 4.17. The van der Waals surface area contributed by atoms with Crippen LogP contribution in [0.4, 0.5) is 5.69 Å². The van der Waals surface area contributed by atoms with Crippen LogP contribution in [0, 0.1) is 12.3 Å². The van der Waals surface area contributed by atoms with Gasteiger partial charge in [-0.05, 0) is 43.5 Å². The molecule has 0 fully saturated rings. The molecule has 0 bridgehead atoms. The first-order chi connectivity index (χ1) is 14.8. The fourth-order valence-electron chi connectivity index (χ4n) is 4.47. The van der Waals surface area contributed by atoms with Crippen molar-refractivity contribution < 1.29 is 5.11 Å². The highest BCUT2D eigenvalue weighted by Crippen LogP contribution is 2.49. The first-order valence-corrected chi connectivity index (χ1v) is 13.0. The summed E-state index contributed by atoms with van der Waals surface area (Å²) in [5, 5.41) is 11.4. The van der Waals surface area contributed by atoms with Gasteiger partial charge >= 0.3 is 0 Å². The highest BCUT2D eigenvalue weighted by atomic mass is 32.2. The molecule has 0 unspecified atom stereocenters. The maximum absolute atomic E-state index is 11.4. The number of rotatable bonds is 7. The third kappa shape index (κ3) is 7.02. The third-order valence-electron chi connectivity index (χ3n) is 6.61. The Labute approximate surface area is 195 Å². The molecular formula is C28H43NOS. The molecule has 2 atom stereocenters. The van der Waals surface area contributed by atoms with E-state index in [-0.39, 0.29) is 17.4 Å². The van der Waals surface area contributed by atoms with E-state index in [0.717, 1.165) is 18.6 Å². The van der Waals surface area contributed by atoms with Crippen LogP contribution in [0.3, 0.4) is 0 Å². The predicted octanol–water partition coefficient (Wildman–Crippen LogP) is 7.68. The van der Waals surface area contributed by atoms with E-state index in [9.17, 15) is 5.11 Å². The van der Waals surface area contributed by atoms with Crippen LogP contribution < -0.4 is 4.90 Å². The van der Waals surface area contributed by atoms with Crippen LogP contribution in [0.5, 0.6) is 0 Å². The van der Waals surface area contributed by atoms with Gasteiger partial charge in [0.1, 0.15) is 0 Å².